The van der Waals surface area contributed by atoms with Gasteiger partial charge in [0.25, 0.3) is 0 Å². The fraction of sp³-hybridized carbons (Fsp3) is 0.455. The third-order valence-electron chi connectivity index (χ3n) is 5.95. The third-order valence-corrected chi connectivity index (χ3v) is 8.71. The van der Waals surface area contributed by atoms with Crippen LogP contribution in [0.3, 0.4) is 0 Å². The van der Waals surface area contributed by atoms with Crippen molar-refractivity contribution in [1.29, 1.82) is 0 Å². The smallest absolute Gasteiger partial charge is 0.162 e. The van der Waals surface area contributed by atoms with E-state index in [9.17, 15) is 0 Å². The van der Waals surface area contributed by atoms with Crippen molar-refractivity contribution < 1.29 is 4.74 Å². The summed E-state index contributed by atoms with van der Waals surface area (Å²) < 4.78 is 8.14. The molecule has 1 atom stereocenters. The second-order valence-electron chi connectivity index (χ2n) is 9.29. The van der Waals surface area contributed by atoms with Crippen molar-refractivity contribution in [1.82, 2.24) is 14.2 Å². The second kappa shape index (κ2) is 7.14. The first-order valence-corrected chi connectivity index (χ1v) is 12.2. The van der Waals surface area contributed by atoms with Gasteiger partial charge < -0.3 is 19.2 Å². The molecule has 7 heteroatoms. The van der Waals surface area contributed by atoms with Gasteiger partial charge in [0.15, 0.2) is 11.6 Å². The molecular formula is C22H29N5OSi. The lowest BCUT2D eigenvalue weighted by Crippen LogP contribution is -2.52. The second-order valence-corrected chi connectivity index (χ2v) is 10.9. The van der Waals surface area contributed by atoms with Crippen LogP contribution in [-0.4, -0.2) is 56.2 Å². The van der Waals surface area contributed by atoms with E-state index in [2.05, 4.69) is 65.7 Å². The van der Waals surface area contributed by atoms with Crippen molar-refractivity contribution in [3.05, 3.63) is 36.7 Å². The average molecular weight is 408 g/mol. The van der Waals surface area contributed by atoms with Crippen LogP contribution < -0.4 is 10.2 Å². The fourth-order valence-electron chi connectivity index (χ4n) is 4.25. The molecule has 4 heterocycles. The first-order chi connectivity index (χ1) is 14.0. The van der Waals surface area contributed by atoms with Crippen LogP contribution in [0, 0.1) is 5.41 Å². The summed E-state index contributed by atoms with van der Waals surface area (Å²) in [5.74, 6) is 1.81. The summed E-state index contributed by atoms with van der Waals surface area (Å²) in [6.07, 6.45) is 4.19. The maximum absolute atomic E-state index is 5.65. The van der Waals surface area contributed by atoms with Gasteiger partial charge in [0.2, 0.25) is 0 Å². The normalized spacial score (nSPS) is 19.4. The highest BCUT2D eigenvalue weighted by Gasteiger charge is 2.30. The van der Waals surface area contributed by atoms with Gasteiger partial charge in [0.05, 0.1) is 31.1 Å². The maximum Gasteiger partial charge on any atom is 0.162 e. The van der Waals surface area contributed by atoms with Crippen LogP contribution in [0.2, 0.25) is 6.04 Å². The van der Waals surface area contributed by atoms with Gasteiger partial charge in [0.1, 0.15) is 9.68 Å². The van der Waals surface area contributed by atoms with Gasteiger partial charge in [-0.1, -0.05) is 32.9 Å². The van der Waals surface area contributed by atoms with Gasteiger partial charge in [-0.05, 0) is 29.8 Å². The van der Waals surface area contributed by atoms with Crippen LogP contribution in [0.5, 0.6) is 0 Å². The van der Waals surface area contributed by atoms with Crippen molar-refractivity contribution >= 4 is 32.1 Å². The van der Waals surface area contributed by atoms with Crippen LogP contribution in [0.1, 0.15) is 20.8 Å². The Morgan fingerprint density at radius 3 is 3.03 bits per heavy atom. The monoisotopic (exact) mass is 407 g/mol. The maximum atomic E-state index is 5.65. The zero-order chi connectivity index (χ0) is 20.0. The number of ether oxygens (including phenoxy) is 1. The molecule has 1 fully saturated rings. The molecular weight excluding hydrogens is 378 g/mol. The predicted molar refractivity (Wildman–Crippen MR) is 122 cm³/mol. The highest BCUT2D eigenvalue weighted by molar-refractivity contribution is 6.36. The molecule has 0 amide bonds. The van der Waals surface area contributed by atoms with Crippen LogP contribution in [0.15, 0.2) is 36.7 Å². The van der Waals surface area contributed by atoms with Crippen LogP contribution in [0.4, 0.5) is 11.5 Å². The number of morpholine rings is 1. The van der Waals surface area contributed by atoms with E-state index in [1.807, 2.05) is 6.20 Å². The van der Waals surface area contributed by atoms with Crippen molar-refractivity contribution in [3.63, 3.8) is 0 Å². The standard InChI is InChI=1S/C22H29N5OSi/c1-22(2,3)14-29-27-8-7-16-17(5-4-6-19(16)27)20-24-12-18-21(25-20)26-9-10-28-13-15(26)11-23-18/h4-8,12,15,23H,9-11,13-14,29H2,1-3H3. The highest BCUT2D eigenvalue weighted by atomic mass is 28.2. The molecule has 1 unspecified atom stereocenters. The van der Waals surface area contributed by atoms with Gasteiger partial charge in [-0.2, -0.15) is 0 Å². The molecule has 0 bridgehead atoms. The minimum atomic E-state index is -0.375. The van der Waals surface area contributed by atoms with Gasteiger partial charge >= 0.3 is 0 Å². The lowest BCUT2D eigenvalue weighted by Gasteiger charge is -2.41. The summed E-state index contributed by atoms with van der Waals surface area (Å²) in [5, 5.41) is 4.71. The largest absolute Gasteiger partial charge is 0.380 e. The quantitative estimate of drug-likeness (QED) is 0.676. The number of aromatic nitrogens is 3. The number of hydrogen-bond acceptors (Lipinski definition) is 5. The molecule has 2 aliphatic rings. The number of anilines is 2. The van der Waals surface area contributed by atoms with Crippen molar-refractivity contribution in [2.45, 2.75) is 32.9 Å². The van der Waals surface area contributed by atoms with E-state index in [-0.39, 0.29) is 9.68 Å². The molecule has 0 radical (unpaired) electrons. The molecule has 5 rings (SSSR count). The summed E-state index contributed by atoms with van der Waals surface area (Å²) in [4.78, 5) is 12.1. The summed E-state index contributed by atoms with van der Waals surface area (Å²) >= 11 is 0. The molecule has 3 aromatic rings. The van der Waals surface area contributed by atoms with Crippen molar-refractivity contribution in [2.24, 2.45) is 5.41 Å². The highest BCUT2D eigenvalue weighted by Crippen LogP contribution is 2.34. The van der Waals surface area contributed by atoms with E-state index >= 15 is 0 Å². The Hall–Kier alpha value is -2.38. The summed E-state index contributed by atoms with van der Waals surface area (Å²) in [6.45, 7) is 10.2. The molecule has 1 aromatic carbocycles. The lowest BCUT2D eigenvalue weighted by molar-refractivity contribution is 0.0959. The van der Waals surface area contributed by atoms with Crippen LogP contribution >= 0.6 is 0 Å². The lowest BCUT2D eigenvalue weighted by atomic mass is 10.0. The zero-order valence-electron chi connectivity index (χ0n) is 17.5. The Morgan fingerprint density at radius 2 is 2.17 bits per heavy atom. The molecule has 0 saturated carbocycles. The molecule has 1 N–H and O–H groups in total. The van der Waals surface area contributed by atoms with Gasteiger partial charge in [-0.15, -0.1) is 0 Å². The number of fused-ring (bicyclic) bond motifs is 4. The minimum Gasteiger partial charge on any atom is -0.380 e. The zero-order valence-corrected chi connectivity index (χ0v) is 18.9. The minimum absolute atomic E-state index is 0.347. The molecule has 29 heavy (non-hydrogen) atoms. The van der Waals surface area contributed by atoms with Crippen molar-refractivity contribution in [3.8, 4) is 11.4 Å². The number of hydrogen-bond donors (Lipinski definition) is 1. The number of nitrogens with one attached hydrogen (secondary N) is 1. The molecule has 2 aliphatic heterocycles. The van der Waals surface area contributed by atoms with Crippen LogP contribution in [-0.2, 0) is 4.74 Å². The van der Waals surface area contributed by atoms with E-state index in [0.29, 0.717) is 11.5 Å². The van der Waals surface area contributed by atoms with Crippen molar-refractivity contribution in [2.75, 3.05) is 36.5 Å². The Bertz CT molecular complexity index is 1040. The van der Waals surface area contributed by atoms with E-state index in [1.54, 1.807) is 0 Å². The third kappa shape index (κ3) is 3.53. The van der Waals surface area contributed by atoms with Gasteiger partial charge in [-0.3, -0.25) is 0 Å². The summed E-state index contributed by atoms with van der Waals surface area (Å²) in [7, 11) is -0.375. The number of benzene rings is 1. The van der Waals surface area contributed by atoms with E-state index in [4.69, 9.17) is 14.7 Å². The first-order valence-electron chi connectivity index (χ1n) is 10.5. The Balaban J connectivity index is 1.52. The molecule has 0 aliphatic carbocycles. The predicted octanol–water partition coefficient (Wildman–Crippen LogP) is 3.13. The Morgan fingerprint density at radius 1 is 1.28 bits per heavy atom. The number of rotatable bonds is 3. The molecule has 0 spiro atoms. The van der Waals surface area contributed by atoms with E-state index in [1.165, 1.54) is 16.9 Å². The van der Waals surface area contributed by atoms with Gasteiger partial charge in [-0.25, -0.2) is 9.97 Å². The van der Waals surface area contributed by atoms with Crippen LogP contribution in [0.25, 0.3) is 22.3 Å². The van der Waals surface area contributed by atoms with Gasteiger partial charge in [0, 0.05) is 29.6 Å². The SMILES string of the molecule is CC(C)(C)C[SiH2]n1ccc2c(-c3ncc4c(n3)N3CCOCC3CN4)cccc21. The molecule has 152 valence electrons. The topological polar surface area (TPSA) is 55.2 Å². The Labute approximate surface area is 174 Å². The average Bonchev–Trinajstić information content (AvgIpc) is 3.14. The molecule has 2 aromatic heterocycles. The summed E-state index contributed by atoms with van der Waals surface area (Å²) in [5.41, 5.74) is 3.82. The molecule has 6 nitrogen and oxygen atoms in total. The first kappa shape index (κ1) is 18.6. The number of nitrogens with zero attached hydrogens (tertiary/aromatic N) is 4. The van der Waals surface area contributed by atoms with E-state index in [0.717, 1.165) is 49.2 Å². The summed E-state index contributed by atoms with van der Waals surface area (Å²) in [6, 6.07) is 10.4. The van der Waals surface area contributed by atoms with E-state index < -0.39 is 0 Å². The Kier molecular flexibility index (Phi) is 4.59. The molecule has 1 saturated heterocycles. The fourth-order valence-corrected chi connectivity index (χ4v) is 5.93.